The summed E-state index contributed by atoms with van der Waals surface area (Å²) in [6.45, 7) is 4.34. The van der Waals surface area contributed by atoms with Crippen LogP contribution in [0.15, 0.2) is 53.4 Å². The molecule has 2 aromatic rings. The topological polar surface area (TPSA) is 20.3 Å². The van der Waals surface area contributed by atoms with Crippen molar-refractivity contribution >= 4 is 68.6 Å². The minimum Gasteiger partial charge on any atom is -0.268 e. The fourth-order valence-electron chi connectivity index (χ4n) is 2.41. The van der Waals surface area contributed by atoms with Gasteiger partial charge >= 0.3 is 0 Å². The molecule has 0 atom stereocenters. The molecule has 0 N–H and O–H groups in total. The lowest BCUT2D eigenvalue weighted by Gasteiger charge is -2.14. The van der Waals surface area contributed by atoms with Gasteiger partial charge in [-0.25, -0.2) is 0 Å². The largest absolute Gasteiger partial charge is 0.270 e. The van der Waals surface area contributed by atoms with Gasteiger partial charge in [0.15, 0.2) is 4.32 Å². The lowest BCUT2D eigenvalue weighted by molar-refractivity contribution is -0.113. The molecule has 24 heavy (non-hydrogen) atoms. The van der Waals surface area contributed by atoms with E-state index in [-0.39, 0.29) is 5.91 Å². The van der Waals surface area contributed by atoms with Gasteiger partial charge in [0, 0.05) is 3.57 Å². The first-order valence-electron chi connectivity index (χ1n) is 7.59. The number of thioether (sulfide) groups is 1. The number of hydrogen-bond acceptors (Lipinski definition) is 3. The Kier molecular flexibility index (Phi) is 5.42. The Morgan fingerprint density at radius 2 is 1.71 bits per heavy atom. The number of carbonyl (C=O) groups is 1. The van der Waals surface area contributed by atoms with Crippen LogP contribution in [0.25, 0.3) is 6.08 Å². The summed E-state index contributed by atoms with van der Waals surface area (Å²) >= 11 is 9.00. The monoisotopic (exact) mass is 465 g/mol. The van der Waals surface area contributed by atoms with Crippen LogP contribution in [0, 0.1) is 3.57 Å². The lowest BCUT2D eigenvalue weighted by atomic mass is 10.0. The Balaban J connectivity index is 1.86. The van der Waals surface area contributed by atoms with Crippen LogP contribution in [0.2, 0.25) is 0 Å². The summed E-state index contributed by atoms with van der Waals surface area (Å²) in [7, 11) is 0. The zero-order valence-electron chi connectivity index (χ0n) is 13.3. The molecule has 5 heteroatoms. The Morgan fingerprint density at radius 1 is 1.08 bits per heavy atom. The van der Waals surface area contributed by atoms with Gasteiger partial charge in [-0.05, 0) is 70.0 Å². The third kappa shape index (κ3) is 3.73. The SMILES string of the molecule is CC(C)c1ccc(/C=C2\SC(=S)N(c3ccc(I)cc3)C2=O)cc1. The van der Waals surface area contributed by atoms with Gasteiger partial charge in [0.25, 0.3) is 5.91 Å². The average molecular weight is 465 g/mol. The second kappa shape index (κ2) is 7.37. The molecular formula is C19H16INOS2. The predicted octanol–water partition coefficient (Wildman–Crippen LogP) is 5.82. The molecule has 1 saturated heterocycles. The van der Waals surface area contributed by atoms with Crippen molar-refractivity contribution in [1.82, 2.24) is 0 Å². The molecule has 0 bridgehead atoms. The number of nitrogens with zero attached hydrogens (tertiary/aromatic N) is 1. The van der Waals surface area contributed by atoms with E-state index in [1.54, 1.807) is 4.90 Å². The van der Waals surface area contributed by atoms with Crippen molar-refractivity contribution in [2.45, 2.75) is 19.8 Å². The molecule has 0 aliphatic carbocycles. The molecule has 2 aromatic carbocycles. The van der Waals surface area contributed by atoms with E-state index < -0.39 is 0 Å². The maximum Gasteiger partial charge on any atom is 0.270 e. The van der Waals surface area contributed by atoms with Crippen molar-refractivity contribution in [1.29, 1.82) is 0 Å². The van der Waals surface area contributed by atoms with E-state index in [2.05, 4.69) is 48.6 Å². The summed E-state index contributed by atoms with van der Waals surface area (Å²) in [6, 6.07) is 16.1. The second-order valence-electron chi connectivity index (χ2n) is 5.81. The third-order valence-electron chi connectivity index (χ3n) is 3.78. The summed E-state index contributed by atoms with van der Waals surface area (Å²) in [6.07, 6.45) is 1.91. The minimum absolute atomic E-state index is 0.0563. The van der Waals surface area contributed by atoms with Crippen LogP contribution in [0.5, 0.6) is 0 Å². The first-order chi connectivity index (χ1) is 11.5. The molecule has 2 nitrogen and oxygen atoms in total. The van der Waals surface area contributed by atoms with Crippen LogP contribution in [-0.4, -0.2) is 10.2 Å². The average Bonchev–Trinajstić information content (AvgIpc) is 2.83. The molecule has 3 rings (SSSR count). The standard InChI is InChI=1S/C19H16INOS2/c1-12(2)14-5-3-13(4-6-14)11-17-18(22)21(19(23)24-17)16-9-7-15(20)8-10-16/h3-12H,1-2H3/b17-11-. The van der Waals surface area contributed by atoms with Gasteiger partial charge in [-0.1, -0.05) is 62.1 Å². The summed E-state index contributed by atoms with van der Waals surface area (Å²) < 4.78 is 1.70. The molecule has 1 aliphatic rings. The molecule has 1 amide bonds. The van der Waals surface area contributed by atoms with E-state index >= 15 is 0 Å². The van der Waals surface area contributed by atoms with E-state index in [1.165, 1.54) is 17.3 Å². The molecule has 1 heterocycles. The Morgan fingerprint density at radius 3 is 2.29 bits per heavy atom. The molecule has 1 fully saturated rings. The van der Waals surface area contributed by atoms with E-state index in [1.807, 2.05) is 42.5 Å². The number of carbonyl (C=O) groups excluding carboxylic acids is 1. The number of hydrogen-bond donors (Lipinski definition) is 0. The highest BCUT2D eigenvalue weighted by atomic mass is 127. The van der Waals surface area contributed by atoms with E-state index in [4.69, 9.17) is 12.2 Å². The zero-order valence-corrected chi connectivity index (χ0v) is 17.1. The fourth-order valence-corrected chi connectivity index (χ4v) is 4.07. The number of anilines is 1. The predicted molar refractivity (Wildman–Crippen MR) is 115 cm³/mol. The number of thiocarbonyl (C=S) groups is 1. The van der Waals surface area contributed by atoms with Crippen molar-refractivity contribution in [3.63, 3.8) is 0 Å². The fraction of sp³-hybridized carbons (Fsp3) is 0.158. The molecule has 122 valence electrons. The number of halogens is 1. The van der Waals surface area contributed by atoms with Crippen molar-refractivity contribution in [3.05, 3.63) is 68.1 Å². The highest BCUT2D eigenvalue weighted by molar-refractivity contribution is 14.1. The summed E-state index contributed by atoms with van der Waals surface area (Å²) in [5, 5.41) is 0. The van der Waals surface area contributed by atoms with Crippen LogP contribution in [0.1, 0.15) is 30.9 Å². The van der Waals surface area contributed by atoms with Crippen LogP contribution in [0.3, 0.4) is 0 Å². The maximum absolute atomic E-state index is 12.7. The first kappa shape index (κ1) is 17.6. The van der Waals surface area contributed by atoms with Crippen molar-refractivity contribution in [3.8, 4) is 0 Å². The molecule has 1 aliphatic heterocycles. The molecule has 0 aromatic heterocycles. The Labute approximate surface area is 165 Å². The number of benzene rings is 2. The van der Waals surface area contributed by atoms with Crippen molar-refractivity contribution in [2.24, 2.45) is 0 Å². The summed E-state index contributed by atoms with van der Waals surface area (Å²) in [5.74, 6) is 0.442. The van der Waals surface area contributed by atoms with Crippen LogP contribution in [-0.2, 0) is 4.79 Å². The van der Waals surface area contributed by atoms with Gasteiger partial charge in [0.2, 0.25) is 0 Å². The van der Waals surface area contributed by atoms with Gasteiger partial charge < -0.3 is 0 Å². The maximum atomic E-state index is 12.7. The van der Waals surface area contributed by atoms with Crippen LogP contribution in [0.4, 0.5) is 5.69 Å². The van der Waals surface area contributed by atoms with Gasteiger partial charge in [0.05, 0.1) is 10.6 Å². The van der Waals surface area contributed by atoms with Gasteiger partial charge in [0.1, 0.15) is 0 Å². The van der Waals surface area contributed by atoms with Gasteiger partial charge in [-0.2, -0.15) is 0 Å². The van der Waals surface area contributed by atoms with E-state index in [9.17, 15) is 4.79 Å². The van der Waals surface area contributed by atoms with E-state index in [0.29, 0.717) is 15.1 Å². The van der Waals surface area contributed by atoms with E-state index in [0.717, 1.165) is 14.8 Å². The Bertz CT molecular complexity index is 810. The quantitative estimate of drug-likeness (QED) is 0.324. The molecule has 0 unspecified atom stereocenters. The normalized spacial score (nSPS) is 16.5. The Hall–Kier alpha value is -1.18. The van der Waals surface area contributed by atoms with Crippen molar-refractivity contribution in [2.75, 3.05) is 4.90 Å². The zero-order chi connectivity index (χ0) is 17.3. The molecule has 0 saturated carbocycles. The third-order valence-corrected chi connectivity index (χ3v) is 5.80. The highest BCUT2D eigenvalue weighted by Crippen LogP contribution is 2.36. The molecule has 0 radical (unpaired) electrons. The lowest BCUT2D eigenvalue weighted by Crippen LogP contribution is -2.27. The second-order valence-corrected chi connectivity index (χ2v) is 8.74. The van der Waals surface area contributed by atoms with Gasteiger partial charge in [-0.3, -0.25) is 9.69 Å². The number of amides is 1. The van der Waals surface area contributed by atoms with Crippen LogP contribution >= 0.6 is 46.6 Å². The summed E-state index contributed by atoms with van der Waals surface area (Å²) in [5.41, 5.74) is 3.12. The molecular weight excluding hydrogens is 449 g/mol. The smallest absolute Gasteiger partial charge is 0.268 e. The van der Waals surface area contributed by atoms with Gasteiger partial charge in [-0.15, -0.1) is 0 Å². The number of rotatable bonds is 3. The van der Waals surface area contributed by atoms with Crippen molar-refractivity contribution < 1.29 is 4.79 Å². The molecule has 0 spiro atoms. The highest BCUT2D eigenvalue weighted by Gasteiger charge is 2.33. The first-order valence-corrected chi connectivity index (χ1v) is 9.89. The minimum atomic E-state index is -0.0563. The van der Waals surface area contributed by atoms with Crippen LogP contribution < -0.4 is 4.90 Å². The summed E-state index contributed by atoms with van der Waals surface area (Å²) in [4.78, 5) is 15.0.